The van der Waals surface area contributed by atoms with Gasteiger partial charge in [-0.15, -0.1) is 0 Å². The molecule has 3 aliphatic rings. The fraction of sp³-hybridized carbons (Fsp3) is 0.682. The molecule has 4 rings (SSSR count). The van der Waals surface area contributed by atoms with Crippen molar-refractivity contribution < 1.29 is 41.3 Å². The Morgan fingerprint density at radius 3 is 2.35 bits per heavy atom. The number of hydrogen-bond donors (Lipinski definition) is 2. The van der Waals surface area contributed by atoms with Crippen LogP contribution in [0.5, 0.6) is 0 Å². The van der Waals surface area contributed by atoms with Crippen LogP contribution in [0, 0.1) is 12.3 Å². The summed E-state index contributed by atoms with van der Waals surface area (Å²) in [5.74, 6) is -2.76. The highest BCUT2D eigenvalue weighted by atomic mass is 32.2. The molecule has 1 spiro atoms. The predicted molar refractivity (Wildman–Crippen MR) is 117 cm³/mol. The summed E-state index contributed by atoms with van der Waals surface area (Å²) in [5, 5.41) is 16.8. The predicted octanol–water partition coefficient (Wildman–Crippen LogP) is 2.25. The van der Waals surface area contributed by atoms with Gasteiger partial charge in [-0.1, -0.05) is 18.2 Å². The lowest BCUT2D eigenvalue weighted by Crippen LogP contribution is -2.43. The van der Waals surface area contributed by atoms with Crippen molar-refractivity contribution in [1.82, 2.24) is 9.21 Å². The molecule has 34 heavy (non-hydrogen) atoms. The van der Waals surface area contributed by atoms with E-state index in [9.17, 15) is 26.7 Å². The Morgan fingerprint density at radius 2 is 1.82 bits per heavy atom. The van der Waals surface area contributed by atoms with Crippen molar-refractivity contribution in [3.63, 3.8) is 0 Å². The SMILES string of the molecule is Cc1ccccc1S(=O)(=O)N1CCC2(CC1)COC(CN1CCC(O)C1)C2.O=C(O)C(F)(F)F. The zero-order valence-electron chi connectivity index (χ0n) is 19.0. The van der Waals surface area contributed by atoms with Gasteiger partial charge in [0.1, 0.15) is 0 Å². The molecule has 192 valence electrons. The van der Waals surface area contributed by atoms with Crippen LogP contribution in [0.15, 0.2) is 29.2 Å². The highest BCUT2D eigenvalue weighted by Crippen LogP contribution is 2.43. The minimum Gasteiger partial charge on any atom is -0.475 e. The third kappa shape index (κ3) is 6.48. The van der Waals surface area contributed by atoms with Crippen LogP contribution in [-0.2, 0) is 19.6 Å². The number of benzene rings is 1. The molecular formula is C22H31F3N2O6S. The van der Waals surface area contributed by atoms with E-state index in [0.29, 0.717) is 18.0 Å². The Balaban J connectivity index is 0.000000406. The standard InChI is InChI=1S/C20H30N2O4S.C2HF3O2/c1-16-4-2-3-5-19(16)27(24,25)22-10-7-20(8-11-22)12-18(26-15-20)14-21-9-6-17(23)13-21;3-2(4,5)1(6)7/h2-5,17-18,23H,6-15H2,1H3;(H,6,7). The molecular weight excluding hydrogens is 477 g/mol. The summed E-state index contributed by atoms with van der Waals surface area (Å²) in [4.78, 5) is 11.6. The first kappa shape index (κ1) is 26.9. The molecule has 0 saturated carbocycles. The van der Waals surface area contributed by atoms with Crippen LogP contribution < -0.4 is 0 Å². The third-order valence-electron chi connectivity index (χ3n) is 6.73. The van der Waals surface area contributed by atoms with Gasteiger partial charge in [-0.25, -0.2) is 13.2 Å². The maximum atomic E-state index is 13.0. The van der Waals surface area contributed by atoms with Crippen LogP contribution in [0.1, 0.15) is 31.2 Å². The molecule has 0 aliphatic carbocycles. The van der Waals surface area contributed by atoms with Crippen LogP contribution in [0.25, 0.3) is 0 Å². The summed E-state index contributed by atoms with van der Waals surface area (Å²) in [6.07, 6.45) is -1.51. The van der Waals surface area contributed by atoms with Gasteiger partial charge in [-0.2, -0.15) is 17.5 Å². The van der Waals surface area contributed by atoms with E-state index in [2.05, 4.69) is 4.90 Å². The Hall–Kier alpha value is -1.73. The van der Waals surface area contributed by atoms with Gasteiger partial charge in [-0.3, -0.25) is 4.90 Å². The van der Waals surface area contributed by atoms with Crippen molar-refractivity contribution in [1.29, 1.82) is 0 Å². The number of sulfonamides is 1. The number of aliphatic hydroxyl groups is 1. The monoisotopic (exact) mass is 508 g/mol. The number of carbonyl (C=O) groups is 1. The number of nitrogens with zero attached hydrogens (tertiary/aromatic N) is 2. The van der Waals surface area contributed by atoms with Gasteiger partial charge in [0.15, 0.2) is 0 Å². The molecule has 0 bridgehead atoms. The van der Waals surface area contributed by atoms with Crippen molar-refractivity contribution in [2.45, 2.75) is 55.9 Å². The summed E-state index contributed by atoms with van der Waals surface area (Å²) < 4.78 is 65.5. The maximum Gasteiger partial charge on any atom is 0.490 e. The van der Waals surface area contributed by atoms with Gasteiger partial charge in [0.05, 0.1) is 23.7 Å². The van der Waals surface area contributed by atoms with E-state index in [0.717, 1.165) is 57.5 Å². The summed E-state index contributed by atoms with van der Waals surface area (Å²) in [5.41, 5.74) is 0.913. The molecule has 2 unspecified atom stereocenters. The molecule has 0 aromatic heterocycles. The van der Waals surface area contributed by atoms with Crippen molar-refractivity contribution in [3.05, 3.63) is 29.8 Å². The Morgan fingerprint density at radius 1 is 1.21 bits per heavy atom. The van der Waals surface area contributed by atoms with Crippen LogP contribution in [0.2, 0.25) is 0 Å². The number of β-amino-alcohol motifs (C(OH)–C–C–N with tert-alkyl or cyclic N) is 1. The number of aliphatic carboxylic acids is 1. The highest BCUT2D eigenvalue weighted by Gasteiger charge is 2.45. The van der Waals surface area contributed by atoms with E-state index in [-0.39, 0.29) is 17.6 Å². The topological polar surface area (TPSA) is 107 Å². The van der Waals surface area contributed by atoms with E-state index in [1.54, 1.807) is 16.4 Å². The molecule has 3 saturated heterocycles. The molecule has 1 aromatic carbocycles. The number of hydrogen-bond acceptors (Lipinski definition) is 6. The molecule has 3 aliphatic heterocycles. The van der Waals surface area contributed by atoms with Crippen LogP contribution in [0.4, 0.5) is 13.2 Å². The largest absolute Gasteiger partial charge is 0.490 e. The summed E-state index contributed by atoms with van der Waals surface area (Å²) >= 11 is 0. The second-order valence-electron chi connectivity index (χ2n) is 9.31. The van der Waals surface area contributed by atoms with Crippen molar-refractivity contribution in [3.8, 4) is 0 Å². The number of piperidine rings is 1. The first-order valence-electron chi connectivity index (χ1n) is 11.2. The van der Waals surface area contributed by atoms with Gasteiger partial charge in [0, 0.05) is 32.7 Å². The fourth-order valence-corrected chi connectivity index (χ4v) is 6.48. The zero-order chi connectivity index (χ0) is 25.1. The average molecular weight is 509 g/mol. The molecule has 2 N–H and O–H groups in total. The van der Waals surface area contributed by atoms with Crippen molar-refractivity contribution in [2.75, 3.05) is 39.3 Å². The first-order chi connectivity index (χ1) is 15.8. The molecule has 12 heteroatoms. The van der Waals surface area contributed by atoms with Crippen LogP contribution in [-0.4, -0.2) is 91.5 Å². The van der Waals surface area contributed by atoms with Gasteiger partial charge >= 0.3 is 12.1 Å². The van der Waals surface area contributed by atoms with E-state index in [1.165, 1.54) is 0 Å². The van der Waals surface area contributed by atoms with E-state index < -0.39 is 22.2 Å². The van der Waals surface area contributed by atoms with Crippen LogP contribution >= 0.6 is 0 Å². The smallest absolute Gasteiger partial charge is 0.475 e. The Labute approximate surface area is 197 Å². The number of carboxylic acids is 1. The minimum absolute atomic E-state index is 0.112. The number of rotatable bonds is 4. The van der Waals surface area contributed by atoms with Gasteiger partial charge in [-0.05, 0) is 49.7 Å². The lowest BCUT2D eigenvalue weighted by Gasteiger charge is -2.38. The summed E-state index contributed by atoms with van der Waals surface area (Å²) in [6, 6.07) is 7.21. The molecule has 3 fully saturated rings. The number of halogens is 3. The van der Waals surface area contributed by atoms with Gasteiger partial charge in [0.2, 0.25) is 10.0 Å². The minimum atomic E-state index is -5.08. The van der Waals surface area contributed by atoms with E-state index in [1.807, 2.05) is 19.1 Å². The molecule has 0 amide bonds. The number of carboxylic acid groups (broad SMARTS) is 1. The van der Waals surface area contributed by atoms with E-state index in [4.69, 9.17) is 14.6 Å². The quantitative estimate of drug-likeness (QED) is 0.643. The van der Waals surface area contributed by atoms with Crippen molar-refractivity contribution >= 4 is 16.0 Å². The lowest BCUT2D eigenvalue weighted by molar-refractivity contribution is -0.192. The number of likely N-dealkylation sites (tertiary alicyclic amines) is 1. The molecule has 8 nitrogen and oxygen atoms in total. The molecule has 3 heterocycles. The van der Waals surface area contributed by atoms with Crippen molar-refractivity contribution in [2.24, 2.45) is 5.41 Å². The zero-order valence-corrected chi connectivity index (χ0v) is 19.8. The second kappa shape index (κ2) is 10.5. The molecule has 2 atom stereocenters. The normalized spacial score (nSPS) is 25.8. The maximum absolute atomic E-state index is 13.0. The third-order valence-corrected chi connectivity index (χ3v) is 8.79. The Bertz CT molecular complexity index is 964. The van der Waals surface area contributed by atoms with Gasteiger partial charge < -0.3 is 14.9 Å². The summed E-state index contributed by atoms with van der Waals surface area (Å²) in [7, 11) is -3.42. The summed E-state index contributed by atoms with van der Waals surface area (Å²) in [6.45, 7) is 6.27. The fourth-order valence-electron chi connectivity index (χ4n) is 4.81. The Kier molecular flexibility index (Phi) is 8.29. The highest BCUT2D eigenvalue weighted by molar-refractivity contribution is 7.89. The first-order valence-corrected chi connectivity index (χ1v) is 12.6. The molecule has 0 radical (unpaired) electrons. The number of alkyl halides is 3. The number of aryl methyl sites for hydroxylation is 1. The van der Waals surface area contributed by atoms with E-state index >= 15 is 0 Å². The molecule has 1 aromatic rings. The number of ether oxygens (including phenoxy) is 1. The number of aliphatic hydroxyl groups excluding tert-OH is 1. The second-order valence-corrected chi connectivity index (χ2v) is 11.2. The van der Waals surface area contributed by atoms with Crippen LogP contribution in [0.3, 0.4) is 0 Å². The van der Waals surface area contributed by atoms with Gasteiger partial charge in [0.25, 0.3) is 0 Å². The average Bonchev–Trinajstić information content (AvgIpc) is 3.34. The lowest BCUT2D eigenvalue weighted by atomic mass is 9.77.